The van der Waals surface area contributed by atoms with E-state index in [0.29, 0.717) is 12.3 Å². The smallest absolute Gasteiger partial charge is 0.225 e. The summed E-state index contributed by atoms with van der Waals surface area (Å²) < 4.78 is 0.750. The minimum absolute atomic E-state index is 0.113. The first-order chi connectivity index (χ1) is 8.56. The first-order valence-corrected chi connectivity index (χ1v) is 7.74. The number of amides is 1. The van der Waals surface area contributed by atoms with Gasteiger partial charge in [0.1, 0.15) is 0 Å². The number of hydrogen-bond acceptors (Lipinski definition) is 3. The van der Waals surface area contributed by atoms with E-state index < -0.39 is 0 Å². The number of carbonyl (C=O) groups excluding carboxylic acids is 1. The number of nitrogens with one attached hydrogen (secondary N) is 2. The fraction of sp³-hybridized carbons (Fsp3) is 0.692. The summed E-state index contributed by atoms with van der Waals surface area (Å²) in [5.41, 5.74) is 1.02. The lowest BCUT2D eigenvalue weighted by atomic mass is 9.98. The van der Waals surface area contributed by atoms with E-state index in [2.05, 4.69) is 17.2 Å². The van der Waals surface area contributed by atoms with Crippen LogP contribution in [0.15, 0.2) is 0 Å². The molecule has 1 aliphatic rings. The van der Waals surface area contributed by atoms with Gasteiger partial charge in [0.2, 0.25) is 5.91 Å². The molecule has 0 saturated heterocycles. The second kappa shape index (κ2) is 5.97. The molecule has 2 rings (SSSR count). The topological polar surface area (TPSA) is 44.9 Å². The molecule has 1 saturated carbocycles. The summed E-state index contributed by atoms with van der Waals surface area (Å²) in [5, 5.41) is 3.06. The van der Waals surface area contributed by atoms with Gasteiger partial charge in [-0.1, -0.05) is 19.8 Å². The minimum Gasteiger partial charge on any atom is -0.356 e. The van der Waals surface area contributed by atoms with Gasteiger partial charge in [-0.15, -0.1) is 11.3 Å². The summed E-state index contributed by atoms with van der Waals surface area (Å²) in [5.74, 6) is 1.53. The van der Waals surface area contributed by atoms with Crippen LogP contribution in [-0.2, 0) is 11.2 Å². The average Bonchev–Trinajstić information content (AvgIpc) is 2.83. The van der Waals surface area contributed by atoms with Gasteiger partial charge in [-0.25, -0.2) is 0 Å². The maximum Gasteiger partial charge on any atom is 0.225 e. The van der Waals surface area contributed by atoms with Crippen LogP contribution in [0.5, 0.6) is 0 Å². The van der Waals surface area contributed by atoms with E-state index in [4.69, 9.17) is 12.2 Å². The van der Waals surface area contributed by atoms with Crippen LogP contribution in [0, 0.1) is 22.7 Å². The molecule has 100 valence electrons. The van der Waals surface area contributed by atoms with Crippen molar-refractivity contribution in [3.63, 3.8) is 0 Å². The zero-order valence-electron chi connectivity index (χ0n) is 10.9. The van der Waals surface area contributed by atoms with Crippen molar-refractivity contribution in [1.82, 2.24) is 10.3 Å². The highest BCUT2D eigenvalue weighted by molar-refractivity contribution is 7.73. The van der Waals surface area contributed by atoms with Gasteiger partial charge in [0.05, 0.1) is 6.42 Å². The zero-order valence-corrected chi connectivity index (χ0v) is 12.5. The lowest BCUT2D eigenvalue weighted by Crippen LogP contribution is -2.31. The number of thiazole rings is 1. The number of H-pyrrole nitrogens is 1. The molecule has 3 nitrogen and oxygen atoms in total. The maximum atomic E-state index is 11.9. The minimum atomic E-state index is 0.113. The van der Waals surface area contributed by atoms with Crippen molar-refractivity contribution in [2.24, 2.45) is 11.8 Å². The van der Waals surface area contributed by atoms with Gasteiger partial charge in [0.15, 0.2) is 3.95 Å². The number of aromatic amines is 1. The summed E-state index contributed by atoms with van der Waals surface area (Å²) >= 11 is 6.57. The molecular formula is C13H20N2OS2. The molecule has 1 fully saturated rings. The number of carbonyl (C=O) groups is 1. The van der Waals surface area contributed by atoms with Crippen LogP contribution >= 0.6 is 23.6 Å². The molecule has 1 aromatic rings. The van der Waals surface area contributed by atoms with Crippen LogP contribution in [0.25, 0.3) is 0 Å². The Balaban J connectivity index is 1.82. The third-order valence-corrected chi connectivity index (χ3v) is 5.18. The summed E-state index contributed by atoms with van der Waals surface area (Å²) in [6, 6.07) is 0. The largest absolute Gasteiger partial charge is 0.356 e. The quantitative estimate of drug-likeness (QED) is 0.834. The van der Waals surface area contributed by atoms with Crippen LogP contribution in [0.3, 0.4) is 0 Å². The molecule has 1 aliphatic carbocycles. The van der Waals surface area contributed by atoms with E-state index >= 15 is 0 Å². The van der Waals surface area contributed by atoms with Gasteiger partial charge in [0, 0.05) is 17.1 Å². The highest BCUT2D eigenvalue weighted by atomic mass is 32.1. The Kier molecular flexibility index (Phi) is 4.56. The second-order valence-corrected chi connectivity index (χ2v) is 6.98. The molecule has 0 spiro atoms. The van der Waals surface area contributed by atoms with E-state index in [0.717, 1.165) is 27.0 Å². The average molecular weight is 284 g/mol. The molecule has 1 aromatic heterocycles. The number of rotatable bonds is 4. The highest BCUT2D eigenvalue weighted by Crippen LogP contribution is 2.30. The van der Waals surface area contributed by atoms with Crippen molar-refractivity contribution in [3.8, 4) is 0 Å². The molecule has 0 bridgehead atoms. The van der Waals surface area contributed by atoms with Gasteiger partial charge >= 0.3 is 0 Å². The van der Waals surface area contributed by atoms with Crippen molar-refractivity contribution in [3.05, 3.63) is 14.5 Å². The second-order valence-electron chi connectivity index (χ2n) is 5.21. The normalized spacial score (nSPS) is 23.2. The molecule has 2 unspecified atom stereocenters. The van der Waals surface area contributed by atoms with Crippen LogP contribution in [0.4, 0.5) is 0 Å². The highest BCUT2D eigenvalue weighted by Gasteiger charge is 2.23. The molecular weight excluding hydrogens is 264 g/mol. The Morgan fingerprint density at radius 1 is 1.56 bits per heavy atom. The fourth-order valence-electron chi connectivity index (χ4n) is 2.58. The molecule has 18 heavy (non-hydrogen) atoms. The van der Waals surface area contributed by atoms with E-state index in [1.165, 1.54) is 30.6 Å². The molecule has 5 heteroatoms. The standard InChI is InChI=1S/C13H20N2OS2/c1-8-4-3-5-10(8)7-14-12(16)6-11-9(2)15-13(17)18-11/h8,10H,3-7H2,1-2H3,(H,14,16)(H,15,17). The van der Waals surface area contributed by atoms with Crippen molar-refractivity contribution < 1.29 is 4.79 Å². The number of aromatic nitrogens is 1. The summed E-state index contributed by atoms with van der Waals surface area (Å²) in [6.07, 6.45) is 4.31. The van der Waals surface area contributed by atoms with Gasteiger partial charge in [-0.2, -0.15) is 0 Å². The first-order valence-electron chi connectivity index (χ1n) is 6.51. The Bertz CT molecular complexity index is 478. The van der Waals surface area contributed by atoms with Crippen molar-refractivity contribution in [2.45, 2.75) is 39.5 Å². The van der Waals surface area contributed by atoms with Crippen LogP contribution < -0.4 is 5.32 Å². The maximum absolute atomic E-state index is 11.9. The summed E-state index contributed by atoms with van der Waals surface area (Å²) in [4.78, 5) is 16.0. The molecule has 1 heterocycles. The predicted molar refractivity (Wildman–Crippen MR) is 77.5 cm³/mol. The molecule has 0 aliphatic heterocycles. The third kappa shape index (κ3) is 3.42. The number of hydrogen-bond donors (Lipinski definition) is 2. The SMILES string of the molecule is Cc1[nH]c(=S)sc1CC(=O)NCC1CCCC1C. The van der Waals surface area contributed by atoms with Crippen LogP contribution in [0.2, 0.25) is 0 Å². The van der Waals surface area contributed by atoms with Gasteiger partial charge in [-0.05, 0) is 37.4 Å². The van der Waals surface area contributed by atoms with Gasteiger partial charge in [0.25, 0.3) is 0 Å². The Morgan fingerprint density at radius 3 is 2.89 bits per heavy atom. The Morgan fingerprint density at radius 2 is 2.33 bits per heavy atom. The van der Waals surface area contributed by atoms with Crippen molar-refractivity contribution in [2.75, 3.05) is 6.54 Å². The molecule has 2 atom stereocenters. The molecule has 0 aromatic carbocycles. The van der Waals surface area contributed by atoms with Crippen molar-refractivity contribution >= 4 is 29.5 Å². The number of aryl methyl sites for hydroxylation is 1. The zero-order chi connectivity index (χ0) is 13.1. The van der Waals surface area contributed by atoms with Gasteiger partial charge < -0.3 is 10.3 Å². The molecule has 1 amide bonds. The Hall–Kier alpha value is -0.680. The molecule has 0 radical (unpaired) electrons. The first kappa shape index (κ1) is 13.7. The summed E-state index contributed by atoms with van der Waals surface area (Å²) in [6.45, 7) is 5.08. The molecule has 2 N–H and O–H groups in total. The third-order valence-electron chi connectivity index (χ3n) is 3.85. The lowest BCUT2D eigenvalue weighted by molar-refractivity contribution is -0.120. The van der Waals surface area contributed by atoms with E-state index in [9.17, 15) is 4.79 Å². The van der Waals surface area contributed by atoms with Crippen LogP contribution in [-0.4, -0.2) is 17.4 Å². The van der Waals surface area contributed by atoms with E-state index in [1.807, 2.05) is 6.92 Å². The van der Waals surface area contributed by atoms with Crippen LogP contribution in [0.1, 0.15) is 36.8 Å². The van der Waals surface area contributed by atoms with Crippen molar-refractivity contribution in [1.29, 1.82) is 0 Å². The van der Waals surface area contributed by atoms with E-state index in [-0.39, 0.29) is 5.91 Å². The lowest BCUT2D eigenvalue weighted by Gasteiger charge is -2.15. The van der Waals surface area contributed by atoms with E-state index in [1.54, 1.807) is 0 Å². The fourth-order valence-corrected chi connectivity index (χ4v) is 3.87. The predicted octanol–water partition coefficient (Wildman–Crippen LogP) is 3.21. The summed E-state index contributed by atoms with van der Waals surface area (Å²) in [7, 11) is 0. The van der Waals surface area contributed by atoms with Gasteiger partial charge in [-0.3, -0.25) is 4.79 Å². The monoisotopic (exact) mass is 284 g/mol. The Labute approximate surface area is 117 Å².